The van der Waals surface area contributed by atoms with Crippen molar-refractivity contribution in [1.82, 2.24) is 24.7 Å². The third-order valence-corrected chi connectivity index (χ3v) is 10.4. The zero-order valence-electron chi connectivity index (χ0n) is 25.2. The Morgan fingerprint density at radius 3 is 2.29 bits per heavy atom. The summed E-state index contributed by atoms with van der Waals surface area (Å²) < 4.78 is 2.50. The normalized spacial score (nSPS) is 25.3. The van der Waals surface area contributed by atoms with Crippen molar-refractivity contribution < 1.29 is 14.7 Å². The van der Waals surface area contributed by atoms with E-state index in [1.54, 1.807) is 6.92 Å². The highest BCUT2D eigenvalue weighted by Crippen LogP contribution is 2.45. The first-order valence-electron chi connectivity index (χ1n) is 15.7. The smallest absolute Gasteiger partial charge is 0.247 e. The van der Waals surface area contributed by atoms with Crippen molar-refractivity contribution in [3.8, 4) is 0 Å². The topological polar surface area (TPSA) is 90.7 Å². The predicted molar refractivity (Wildman–Crippen MR) is 164 cm³/mol. The lowest BCUT2D eigenvalue weighted by atomic mass is 9.70. The lowest BCUT2D eigenvalue weighted by Gasteiger charge is -2.46. The maximum absolute atomic E-state index is 13.3. The van der Waals surface area contributed by atoms with Crippen LogP contribution in [0.25, 0.3) is 11.0 Å². The fraction of sp³-hybridized carbons (Fsp3) is 0.559. The summed E-state index contributed by atoms with van der Waals surface area (Å²) in [6.07, 6.45) is 6.74. The average molecular weight is 572 g/mol. The molecule has 1 unspecified atom stereocenters. The van der Waals surface area contributed by atoms with Crippen LogP contribution in [0.2, 0.25) is 0 Å². The van der Waals surface area contributed by atoms with Crippen molar-refractivity contribution in [3.05, 3.63) is 66.0 Å². The van der Waals surface area contributed by atoms with E-state index in [9.17, 15) is 14.7 Å². The molecule has 2 aromatic carbocycles. The van der Waals surface area contributed by atoms with Crippen LogP contribution in [0.4, 0.5) is 0 Å². The second-order valence-corrected chi connectivity index (χ2v) is 12.9. The molecular weight excluding hydrogens is 526 g/mol. The number of piperidine rings is 2. The van der Waals surface area contributed by atoms with Gasteiger partial charge in [-0.25, -0.2) is 4.98 Å². The number of imidazole rings is 1. The number of benzene rings is 2. The van der Waals surface area contributed by atoms with Gasteiger partial charge < -0.3 is 19.9 Å². The summed E-state index contributed by atoms with van der Waals surface area (Å²) in [6, 6.07) is 20.1. The van der Waals surface area contributed by atoms with Crippen LogP contribution < -0.4 is 5.32 Å². The number of rotatable bonds is 8. The first-order valence-corrected chi connectivity index (χ1v) is 15.7. The van der Waals surface area contributed by atoms with Gasteiger partial charge in [-0.15, -0.1) is 0 Å². The number of carbonyl (C=O) groups excluding carboxylic acids is 2. The monoisotopic (exact) mass is 571 g/mol. The van der Waals surface area contributed by atoms with Gasteiger partial charge in [0.2, 0.25) is 11.8 Å². The molecule has 2 amide bonds. The lowest BCUT2D eigenvalue weighted by Crippen LogP contribution is -2.56. The minimum atomic E-state index is -0.940. The Bertz CT molecular complexity index is 1400. The molecule has 8 heteroatoms. The van der Waals surface area contributed by atoms with Crippen molar-refractivity contribution in [1.29, 1.82) is 0 Å². The van der Waals surface area contributed by atoms with Crippen LogP contribution in [0, 0.1) is 6.92 Å². The number of hydrogen-bond donors (Lipinski definition) is 2. The Morgan fingerprint density at radius 2 is 1.64 bits per heavy atom. The molecule has 3 saturated heterocycles. The van der Waals surface area contributed by atoms with Gasteiger partial charge in [-0.05, 0) is 88.4 Å². The standard InChI is InChI=1S/C34H45N5O3/c1-23(40)32(36-25(3)41)33(42)37-18-15-34(16-19-37,26-9-5-4-6-10-26)17-20-38-27-13-14-28(38)22-29(21-27)39-24(2)35-30-11-7-8-12-31(30)39/h4-12,23,27-29,32,40H,13-22H2,1-3H3,(H,36,41)/t23-,27-,28+,29?,32+/m1/s1. The lowest BCUT2D eigenvalue weighted by molar-refractivity contribution is -0.140. The molecule has 3 fully saturated rings. The van der Waals surface area contributed by atoms with Crippen molar-refractivity contribution in [3.63, 3.8) is 0 Å². The molecule has 0 saturated carbocycles. The Kier molecular flexibility index (Phi) is 8.11. The SMILES string of the molecule is CC(=O)N[C@H](C(=O)N1CCC(CCN2[C@@H]3CC[C@H]2CC(n2c(C)nc4ccccc42)C3)(c2ccccc2)CC1)[C@@H](C)O. The van der Waals surface area contributed by atoms with Crippen LogP contribution in [0.1, 0.15) is 76.2 Å². The van der Waals surface area contributed by atoms with E-state index in [2.05, 4.69) is 76.3 Å². The minimum absolute atomic E-state index is 0.000200. The number of hydrogen-bond acceptors (Lipinski definition) is 5. The van der Waals surface area contributed by atoms with Gasteiger partial charge >= 0.3 is 0 Å². The molecule has 4 heterocycles. The summed E-state index contributed by atoms with van der Waals surface area (Å²) in [7, 11) is 0. The summed E-state index contributed by atoms with van der Waals surface area (Å²) in [5.74, 6) is 0.624. The molecule has 8 nitrogen and oxygen atoms in total. The van der Waals surface area contributed by atoms with Crippen LogP contribution in [-0.4, -0.2) is 80.1 Å². The number of fused-ring (bicyclic) bond motifs is 3. The van der Waals surface area contributed by atoms with Crippen molar-refractivity contribution in [2.75, 3.05) is 19.6 Å². The number of aliphatic hydroxyl groups is 1. The highest BCUT2D eigenvalue weighted by atomic mass is 16.3. The van der Waals surface area contributed by atoms with Gasteiger partial charge in [0.25, 0.3) is 0 Å². The molecule has 3 aliphatic rings. The molecule has 42 heavy (non-hydrogen) atoms. The molecule has 0 aliphatic carbocycles. The van der Waals surface area contributed by atoms with Gasteiger partial charge in [0.1, 0.15) is 11.9 Å². The number of para-hydroxylation sites is 2. The summed E-state index contributed by atoms with van der Waals surface area (Å²) in [5.41, 5.74) is 3.71. The summed E-state index contributed by atoms with van der Waals surface area (Å²) in [6.45, 7) is 7.40. The maximum Gasteiger partial charge on any atom is 0.247 e. The van der Waals surface area contributed by atoms with Crippen molar-refractivity contribution in [2.45, 2.75) is 101 Å². The van der Waals surface area contributed by atoms with E-state index in [1.807, 2.05) is 4.90 Å². The summed E-state index contributed by atoms with van der Waals surface area (Å²) in [4.78, 5) is 34.5. The minimum Gasteiger partial charge on any atom is -0.391 e. The third-order valence-electron chi connectivity index (χ3n) is 10.4. The number of nitrogens with zero attached hydrogens (tertiary/aromatic N) is 4. The molecular formula is C34H45N5O3. The largest absolute Gasteiger partial charge is 0.391 e. The van der Waals surface area contributed by atoms with E-state index >= 15 is 0 Å². The van der Waals surface area contributed by atoms with E-state index in [1.165, 1.54) is 43.7 Å². The molecule has 6 rings (SSSR count). The van der Waals surface area contributed by atoms with Gasteiger partial charge in [-0.2, -0.15) is 0 Å². The van der Waals surface area contributed by atoms with Gasteiger partial charge in [0, 0.05) is 38.1 Å². The first kappa shape index (κ1) is 28.9. The first-order chi connectivity index (χ1) is 20.3. The zero-order chi connectivity index (χ0) is 29.4. The van der Waals surface area contributed by atoms with Crippen LogP contribution in [0.3, 0.4) is 0 Å². The van der Waals surface area contributed by atoms with E-state index in [-0.39, 0.29) is 17.2 Å². The van der Waals surface area contributed by atoms with Crippen molar-refractivity contribution in [2.24, 2.45) is 0 Å². The van der Waals surface area contributed by atoms with E-state index in [0.717, 1.165) is 37.1 Å². The molecule has 3 aromatic rings. The predicted octanol–water partition coefficient (Wildman–Crippen LogP) is 4.35. The molecule has 2 bridgehead atoms. The highest BCUT2D eigenvalue weighted by molar-refractivity contribution is 5.87. The molecule has 5 atom stereocenters. The van der Waals surface area contributed by atoms with Crippen LogP contribution >= 0.6 is 0 Å². The van der Waals surface area contributed by atoms with Gasteiger partial charge in [0.05, 0.1) is 17.1 Å². The zero-order valence-corrected chi connectivity index (χ0v) is 25.2. The van der Waals surface area contributed by atoms with Gasteiger partial charge in [-0.1, -0.05) is 42.5 Å². The Balaban J connectivity index is 1.15. The highest BCUT2D eigenvalue weighted by Gasteiger charge is 2.44. The van der Waals surface area contributed by atoms with Crippen LogP contribution in [-0.2, 0) is 15.0 Å². The van der Waals surface area contributed by atoms with E-state index in [0.29, 0.717) is 31.2 Å². The van der Waals surface area contributed by atoms with E-state index in [4.69, 9.17) is 4.98 Å². The number of aliphatic hydroxyl groups excluding tert-OH is 1. The number of nitrogens with one attached hydrogen (secondary N) is 1. The maximum atomic E-state index is 13.3. The number of aryl methyl sites for hydroxylation is 1. The molecule has 2 N–H and O–H groups in total. The second-order valence-electron chi connectivity index (χ2n) is 12.9. The quantitative estimate of drug-likeness (QED) is 0.420. The fourth-order valence-corrected chi connectivity index (χ4v) is 8.22. The third kappa shape index (κ3) is 5.47. The molecule has 1 aromatic heterocycles. The van der Waals surface area contributed by atoms with Crippen LogP contribution in [0.5, 0.6) is 0 Å². The average Bonchev–Trinajstić information content (AvgIpc) is 3.45. The Hall–Kier alpha value is -3.23. The molecule has 0 radical (unpaired) electrons. The summed E-state index contributed by atoms with van der Waals surface area (Å²) in [5, 5.41) is 12.8. The number of likely N-dealkylation sites (tertiary alicyclic amines) is 1. The Morgan fingerprint density at radius 1 is 1.00 bits per heavy atom. The fourth-order valence-electron chi connectivity index (χ4n) is 8.22. The molecule has 224 valence electrons. The Labute approximate surface area is 249 Å². The van der Waals surface area contributed by atoms with Crippen LogP contribution in [0.15, 0.2) is 54.6 Å². The van der Waals surface area contributed by atoms with Crippen molar-refractivity contribution >= 4 is 22.8 Å². The summed E-state index contributed by atoms with van der Waals surface area (Å²) >= 11 is 0. The molecule has 3 aliphatic heterocycles. The van der Waals surface area contributed by atoms with Gasteiger partial charge in [-0.3, -0.25) is 14.5 Å². The number of aromatic nitrogens is 2. The second kappa shape index (κ2) is 11.8. The molecule has 0 spiro atoms. The van der Waals surface area contributed by atoms with Gasteiger partial charge in [0.15, 0.2) is 0 Å². The number of carbonyl (C=O) groups is 2. The van der Waals surface area contributed by atoms with E-state index < -0.39 is 12.1 Å². The number of amides is 2.